The first-order chi connectivity index (χ1) is 16.5. The molecule has 4 rings (SSSR count). The summed E-state index contributed by atoms with van der Waals surface area (Å²) < 4.78 is 14.6. The van der Waals surface area contributed by atoms with E-state index in [-0.39, 0.29) is 0 Å². The van der Waals surface area contributed by atoms with E-state index in [4.69, 9.17) is 7.58 Å². The molecule has 0 saturated carbocycles. The first-order valence-corrected chi connectivity index (χ1v) is 17.6. The fourth-order valence-corrected chi connectivity index (χ4v) is 7.27. The van der Waals surface area contributed by atoms with Crippen molar-refractivity contribution in [3.8, 4) is 0 Å². The Morgan fingerprint density at radius 2 is 0.588 bits per heavy atom. The van der Waals surface area contributed by atoms with Gasteiger partial charge in [-0.3, -0.25) is 0 Å². The van der Waals surface area contributed by atoms with E-state index in [1.54, 1.807) is 0 Å². The summed E-state index contributed by atoms with van der Waals surface area (Å²) in [7, 11) is 0. The average molecular weight is 479 g/mol. The normalized spacial score (nSPS) is 11.8. The molecule has 0 fully saturated rings. The zero-order valence-corrected chi connectivity index (χ0v) is 22.8. The molecule has 4 aromatic rings. The first-order valence-electron chi connectivity index (χ1n) is 12.1. The Kier molecular flexibility index (Phi) is 8.13. The van der Waals surface area contributed by atoms with Gasteiger partial charge in [0.15, 0.2) is 0 Å². The highest BCUT2D eigenvalue weighted by atomic mass is 27.2. The topological polar surface area (TPSA) is 18.5 Å². The Morgan fingerprint density at radius 1 is 0.382 bits per heavy atom. The molecule has 0 bridgehead atoms. The Balaban J connectivity index is 2.23. The van der Waals surface area contributed by atoms with Crippen molar-refractivity contribution in [1.82, 2.24) is 0 Å². The molecule has 0 aliphatic heterocycles. The molecule has 4 aromatic carbocycles. The van der Waals surface area contributed by atoms with Crippen LogP contribution in [0.4, 0.5) is 0 Å². The maximum Gasteiger partial charge on any atom is 0.454 e. The average Bonchev–Trinajstić information content (AvgIpc) is 2.88. The van der Waals surface area contributed by atoms with Crippen LogP contribution in [0.15, 0.2) is 121 Å². The van der Waals surface area contributed by atoms with Crippen molar-refractivity contribution in [2.45, 2.75) is 34.3 Å². The summed E-state index contributed by atoms with van der Waals surface area (Å²) in [5, 5.41) is 0. The summed E-state index contributed by atoms with van der Waals surface area (Å²) in [5.41, 5.74) is 2.68. The smallest absolute Gasteiger partial charge is 0.454 e. The van der Waals surface area contributed by atoms with E-state index in [0.717, 1.165) is 22.3 Å². The van der Waals surface area contributed by atoms with Crippen LogP contribution >= 0.6 is 0 Å². The van der Waals surface area contributed by atoms with Crippen LogP contribution in [0.2, 0.25) is 23.1 Å². The predicted molar refractivity (Wildman–Crippen MR) is 144 cm³/mol. The number of hydrogen-bond acceptors (Lipinski definition) is 2. The molecule has 4 heteroatoms. The van der Waals surface area contributed by atoms with Crippen molar-refractivity contribution < 1.29 is 7.58 Å². The molecule has 0 aromatic heterocycles. The van der Waals surface area contributed by atoms with E-state index in [1.165, 1.54) is 0 Å². The van der Waals surface area contributed by atoms with Crippen molar-refractivity contribution in [3.63, 3.8) is 0 Å². The van der Waals surface area contributed by atoms with E-state index in [1.807, 2.05) is 0 Å². The lowest BCUT2D eigenvalue weighted by Gasteiger charge is -2.54. The fraction of sp³-hybridized carbons (Fsp3) is 0.200. The molecule has 0 atom stereocenters. The van der Waals surface area contributed by atoms with Gasteiger partial charge in [0.05, 0.1) is 0 Å². The second-order valence-corrected chi connectivity index (χ2v) is 13.8. The summed E-state index contributed by atoms with van der Waals surface area (Å²) >= 11 is -3.18. The fourth-order valence-electron chi connectivity index (χ4n) is 4.98. The second-order valence-electron chi connectivity index (χ2n) is 9.16. The molecule has 2 nitrogen and oxygen atoms in total. The minimum atomic E-state index is -1.59. The number of hydrogen-bond donors (Lipinski definition) is 0. The minimum absolute atomic E-state index is 0.865. The highest BCUT2D eigenvalue weighted by Crippen LogP contribution is 2.55. The van der Waals surface area contributed by atoms with Crippen LogP contribution < -0.4 is 0 Å². The molecular formula is C30H32Al2O2. The third kappa shape index (κ3) is 4.69. The zero-order chi connectivity index (χ0) is 24.0. The van der Waals surface area contributed by atoms with Gasteiger partial charge >= 0.3 is 29.0 Å². The molecule has 0 spiro atoms. The Labute approximate surface area is 213 Å². The van der Waals surface area contributed by atoms with Gasteiger partial charge < -0.3 is 7.58 Å². The molecule has 34 heavy (non-hydrogen) atoms. The van der Waals surface area contributed by atoms with Gasteiger partial charge in [-0.15, -0.1) is 0 Å². The summed E-state index contributed by atoms with van der Waals surface area (Å²) in [4.78, 5) is 0. The molecule has 170 valence electrons. The lowest BCUT2D eigenvalue weighted by molar-refractivity contribution is -0.0813. The highest BCUT2D eigenvalue weighted by Gasteiger charge is 2.58. The standard InChI is InChI=1S/C26H20O2.4CH3.2Al/c27-25(21-13-5-1-6-14-21,22-15-7-2-8-16-22)26(28,23-17-9-3-10-18-23)24-19-11-4-12-20-24;;;;;;/h1-20H;4*1H3;;/q-2;;;;;2*+1. The van der Waals surface area contributed by atoms with Crippen LogP contribution in [-0.4, -0.2) is 29.0 Å². The van der Waals surface area contributed by atoms with Crippen LogP contribution in [-0.2, 0) is 18.8 Å². The highest BCUT2D eigenvalue weighted by molar-refractivity contribution is 6.49. The summed E-state index contributed by atoms with van der Waals surface area (Å²) in [5.74, 6) is 8.98. The lowest BCUT2D eigenvalue weighted by Crippen LogP contribution is -2.57. The third-order valence-corrected chi connectivity index (χ3v) is 7.69. The predicted octanol–water partition coefficient (Wildman–Crippen LogP) is 7.41. The molecule has 0 aliphatic rings. The van der Waals surface area contributed by atoms with E-state index >= 15 is 0 Å². The minimum Gasteiger partial charge on any atom is -0.487 e. The summed E-state index contributed by atoms with van der Waals surface area (Å²) in [6.07, 6.45) is 0. The monoisotopic (exact) mass is 478 g/mol. The van der Waals surface area contributed by atoms with Crippen LogP contribution in [0.5, 0.6) is 0 Å². The Morgan fingerprint density at radius 3 is 0.765 bits per heavy atom. The Bertz CT molecular complexity index is 974. The first kappa shape index (κ1) is 25.0. The SMILES string of the molecule is [CH3][Al]([CH3])[O]C(c1ccccc1)(c1ccccc1)C([O][Al]([CH3])[CH3])(c1ccccc1)c1ccccc1. The van der Waals surface area contributed by atoms with Crippen LogP contribution in [0.25, 0.3) is 0 Å². The third-order valence-electron chi connectivity index (χ3n) is 6.04. The Hall–Kier alpha value is -2.14. The summed E-state index contributed by atoms with van der Waals surface area (Å²) in [6.45, 7) is 0. The lowest BCUT2D eigenvalue weighted by atomic mass is 9.66. The molecule has 0 aliphatic carbocycles. The van der Waals surface area contributed by atoms with Gasteiger partial charge in [-0.1, -0.05) is 144 Å². The van der Waals surface area contributed by atoms with Gasteiger partial charge in [-0.2, -0.15) is 0 Å². The van der Waals surface area contributed by atoms with Crippen LogP contribution in [0.1, 0.15) is 22.3 Å². The van der Waals surface area contributed by atoms with Crippen LogP contribution in [0.3, 0.4) is 0 Å². The number of benzene rings is 4. The molecule has 0 heterocycles. The molecule has 0 radical (unpaired) electrons. The maximum absolute atomic E-state index is 7.32. The van der Waals surface area contributed by atoms with Gasteiger partial charge in [-0.25, -0.2) is 0 Å². The van der Waals surface area contributed by atoms with E-state index < -0.39 is 40.2 Å². The largest absolute Gasteiger partial charge is 0.487 e. The van der Waals surface area contributed by atoms with E-state index in [2.05, 4.69) is 144 Å². The van der Waals surface area contributed by atoms with E-state index in [0.29, 0.717) is 0 Å². The zero-order valence-electron chi connectivity index (χ0n) is 20.5. The molecule has 0 unspecified atom stereocenters. The number of rotatable bonds is 9. The quantitative estimate of drug-likeness (QED) is 0.233. The second kappa shape index (κ2) is 11.1. The summed E-state index contributed by atoms with van der Waals surface area (Å²) in [6, 6.07) is 42.6. The van der Waals surface area contributed by atoms with Gasteiger partial charge in [0.2, 0.25) is 0 Å². The van der Waals surface area contributed by atoms with Gasteiger partial charge in [-0.05, 0) is 22.3 Å². The van der Waals surface area contributed by atoms with Crippen molar-refractivity contribution in [2.24, 2.45) is 0 Å². The maximum atomic E-state index is 7.32. The van der Waals surface area contributed by atoms with Gasteiger partial charge in [0.1, 0.15) is 11.2 Å². The molecule has 0 N–H and O–H groups in total. The molecular weight excluding hydrogens is 446 g/mol. The van der Waals surface area contributed by atoms with Crippen molar-refractivity contribution in [2.75, 3.05) is 0 Å². The van der Waals surface area contributed by atoms with Gasteiger partial charge in [0.25, 0.3) is 0 Å². The van der Waals surface area contributed by atoms with Crippen molar-refractivity contribution in [1.29, 1.82) is 0 Å². The van der Waals surface area contributed by atoms with Crippen molar-refractivity contribution in [3.05, 3.63) is 144 Å². The van der Waals surface area contributed by atoms with E-state index in [9.17, 15) is 0 Å². The van der Waals surface area contributed by atoms with Crippen LogP contribution in [0, 0.1) is 0 Å². The molecule has 0 saturated heterocycles. The van der Waals surface area contributed by atoms with Gasteiger partial charge in [0, 0.05) is 0 Å². The van der Waals surface area contributed by atoms with Crippen molar-refractivity contribution >= 4 is 29.0 Å². The molecule has 0 amide bonds.